The first-order chi connectivity index (χ1) is 10.2. The molecule has 2 heterocycles. The number of quaternary nitrogens is 1. The lowest BCUT2D eigenvalue weighted by Crippen LogP contribution is -2.53. The molecule has 0 aromatic carbocycles. The Bertz CT molecular complexity index is 583. The monoisotopic (exact) mass is 326 g/mol. The van der Waals surface area contributed by atoms with Crippen LogP contribution in [0.15, 0.2) is 23.4 Å². The second-order valence-corrected chi connectivity index (χ2v) is 7.22. The highest BCUT2D eigenvalue weighted by Crippen LogP contribution is 2.40. The lowest BCUT2D eigenvalue weighted by atomic mass is 10.1. The molecule has 22 heavy (non-hydrogen) atoms. The van der Waals surface area contributed by atoms with Crippen LogP contribution in [0.1, 0.15) is 6.42 Å². The zero-order valence-electron chi connectivity index (χ0n) is 12.6. The standard InChI is InChI=1S/C14H19N3O4S/c1-17(2,7-10(15)18)5-3-4-9-8-22-12-6-11(19)16(12)13(9)14(20)21/h3-4,12H,5-8H2,1-2H3,(H2-,15,18,20,21)/p+1. The topological polar surface area (TPSA) is 101 Å². The van der Waals surface area contributed by atoms with Crippen LogP contribution in [0, 0.1) is 0 Å². The van der Waals surface area contributed by atoms with E-state index in [0.717, 1.165) is 0 Å². The number of carbonyl (C=O) groups excluding carboxylic acids is 2. The van der Waals surface area contributed by atoms with Crippen LogP contribution in [0.5, 0.6) is 0 Å². The summed E-state index contributed by atoms with van der Waals surface area (Å²) in [6.45, 7) is 0.748. The number of fused-ring (bicyclic) bond motifs is 1. The van der Waals surface area contributed by atoms with Gasteiger partial charge >= 0.3 is 5.97 Å². The van der Waals surface area contributed by atoms with Crippen molar-refractivity contribution in [2.24, 2.45) is 5.73 Å². The van der Waals surface area contributed by atoms with Gasteiger partial charge in [-0.15, -0.1) is 11.8 Å². The van der Waals surface area contributed by atoms with Crippen LogP contribution in [0.4, 0.5) is 0 Å². The molecule has 0 saturated carbocycles. The Morgan fingerprint density at radius 3 is 2.73 bits per heavy atom. The minimum atomic E-state index is -1.08. The summed E-state index contributed by atoms with van der Waals surface area (Å²) < 4.78 is 0.389. The van der Waals surface area contributed by atoms with E-state index in [4.69, 9.17) is 5.73 Å². The van der Waals surface area contributed by atoms with E-state index in [2.05, 4.69) is 0 Å². The number of nitrogens with two attached hydrogens (primary N) is 1. The minimum absolute atomic E-state index is 0.0437. The molecule has 0 bridgehead atoms. The molecule has 8 heteroatoms. The van der Waals surface area contributed by atoms with Gasteiger partial charge in [-0.2, -0.15) is 0 Å². The number of aliphatic carboxylic acids is 1. The molecule has 0 aromatic rings. The van der Waals surface area contributed by atoms with E-state index in [0.29, 0.717) is 28.8 Å². The van der Waals surface area contributed by atoms with Gasteiger partial charge in [0.1, 0.15) is 5.70 Å². The second kappa shape index (κ2) is 6.13. The molecule has 2 amide bonds. The van der Waals surface area contributed by atoms with Crippen molar-refractivity contribution >= 4 is 29.5 Å². The highest BCUT2D eigenvalue weighted by atomic mass is 32.2. The maximum Gasteiger partial charge on any atom is 0.352 e. The van der Waals surface area contributed by atoms with E-state index in [1.165, 1.54) is 4.90 Å². The number of carboxylic acid groups (broad SMARTS) is 1. The van der Waals surface area contributed by atoms with Crippen molar-refractivity contribution in [2.75, 3.05) is 32.9 Å². The summed E-state index contributed by atoms with van der Waals surface area (Å²) in [7, 11) is 3.73. The number of carboxylic acids is 1. The summed E-state index contributed by atoms with van der Waals surface area (Å²) in [4.78, 5) is 35.4. The van der Waals surface area contributed by atoms with Gasteiger partial charge in [-0.1, -0.05) is 6.08 Å². The highest BCUT2D eigenvalue weighted by Gasteiger charge is 2.44. The average molecular weight is 326 g/mol. The Morgan fingerprint density at radius 2 is 2.18 bits per heavy atom. The van der Waals surface area contributed by atoms with Crippen molar-refractivity contribution in [3.8, 4) is 0 Å². The van der Waals surface area contributed by atoms with E-state index in [9.17, 15) is 19.5 Å². The number of β-lactam (4-membered cyclic amide) rings is 1. The summed E-state index contributed by atoms with van der Waals surface area (Å²) in [5, 5.41) is 9.32. The van der Waals surface area contributed by atoms with Crippen LogP contribution in [0.2, 0.25) is 0 Å². The molecule has 0 aliphatic carbocycles. The van der Waals surface area contributed by atoms with Crippen LogP contribution < -0.4 is 5.73 Å². The first-order valence-electron chi connectivity index (χ1n) is 6.88. The second-order valence-electron chi connectivity index (χ2n) is 6.06. The van der Waals surface area contributed by atoms with Crippen molar-refractivity contribution in [1.82, 2.24) is 4.90 Å². The number of hydrogen-bond donors (Lipinski definition) is 2. The maximum atomic E-state index is 11.6. The Balaban J connectivity index is 2.14. The summed E-state index contributed by atoms with van der Waals surface area (Å²) >= 11 is 1.57. The van der Waals surface area contributed by atoms with Gasteiger partial charge in [-0.05, 0) is 11.6 Å². The lowest BCUT2D eigenvalue weighted by Gasteiger charge is -2.43. The molecule has 2 rings (SSSR count). The molecule has 0 aromatic heterocycles. The first-order valence-corrected chi connectivity index (χ1v) is 7.93. The van der Waals surface area contributed by atoms with E-state index < -0.39 is 5.97 Å². The Morgan fingerprint density at radius 1 is 1.50 bits per heavy atom. The largest absolute Gasteiger partial charge is 0.477 e. The van der Waals surface area contributed by atoms with Gasteiger partial charge in [0.05, 0.1) is 32.4 Å². The third-order valence-electron chi connectivity index (χ3n) is 3.59. The zero-order chi connectivity index (χ0) is 16.5. The van der Waals surface area contributed by atoms with Gasteiger partial charge in [0.15, 0.2) is 6.54 Å². The number of carbonyl (C=O) groups is 3. The molecule has 7 nitrogen and oxygen atoms in total. The van der Waals surface area contributed by atoms with Gasteiger partial charge in [0, 0.05) is 5.75 Å². The summed E-state index contributed by atoms with van der Waals surface area (Å²) in [6.07, 6.45) is 3.96. The smallest absolute Gasteiger partial charge is 0.352 e. The fourth-order valence-corrected chi connectivity index (χ4v) is 3.77. The molecule has 3 N–H and O–H groups in total. The number of amides is 2. The average Bonchev–Trinajstić information content (AvgIpc) is 2.36. The van der Waals surface area contributed by atoms with Crippen LogP contribution in [-0.4, -0.2) is 70.6 Å². The van der Waals surface area contributed by atoms with Gasteiger partial charge in [-0.25, -0.2) is 4.79 Å². The van der Waals surface area contributed by atoms with Crippen molar-refractivity contribution in [3.63, 3.8) is 0 Å². The molecule has 1 fully saturated rings. The van der Waals surface area contributed by atoms with Gasteiger partial charge in [0.2, 0.25) is 5.91 Å². The number of thioether (sulfide) groups is 1. The lowest BCUT2D eigenvalue weighted by molar-refractivity contribution is -0.876. The number of likely N-dealkylation sites (N-methyl/N-ethyl adjacent to an activating group) is 1. The number of hydrogen-bond acceptors (Lipinski definition) is 4. The number of nitrogens with zero attached hydrogens (tertiary/aromatic N) is 2. The predicted molar refractivity (Wildman–Crippen MR) is 82.5 cm³/mol. The van der Waals surface area contributed by atoms with E-state index >= 15 is 0 Å². The van der Waals surface area contributed by atoms with Crippen molar-refractivity contribution < 1.29 is 24.0 Å². The predicted octanol–water partition coefficient (Wildman–Crippen LogP) is -0.252. The summed E-state index contributed by atoms with van der Waals surface area (Å²) in [5.74, 6) is -1.05. The Kier molecular flexibility index (Phi) is 4.62. The van der Waals surface area contributed by atoms with E-state index in [1.807, 2.05) is 20.2 Å². The molecule has 120 valence electrons. The highest BCUT2D eigenvalue weighted by molar-refractivity contribution is 8.00. The van der Waals surface area contributed by atoms with E-state index in [1.54, 1.807) is 17.8 Å². The molecule has 0 radical (unpaired) electrons. The molecule has 1 unspecified atom stereocenters. The number of primary amides is 1. The molecule has 0 spiro atoms. The third kappa shape index (κ3) is 3.50. The fraction of sp³-hybridized carbons (Fsp3) is 0.500. The zero-order valence-corrected chi connectivity index (χ0v) is 13.4. The summed E-state index contributed by atoms with van der Waals surface area (Å²) in [5.41, 5.74) is 5.90. The SMILES string of the molecule is C[N+](C)(CC=CC1=C(C(=O)O)N2C(=O)CC2SC1)CC(N)=O. The Labute approximate surface area is 133 Å². The van der Waals surface area contributed by atoms with Gasteiger partial charge in [0.25, 0.3) is 5.91 Å². The molecule has 2 aliphatic heterocycles. The normalized spacial score (nSPS) is 21.8. The van der Waals surface area contributed by atoms with Crippen molar-refractivity contribution in [2.45, 2.75) is 11.8 Å². The third-order valence-corrected chi connectivity index (χ3v) is 4.83. The maximum absolute atomic E-state index is 11.6. The van der Waals surface area contributed by atoms with Crippen LogP contribution in [0.25, 0.3) is 0 Å². The Hall–Kier alpha value is -1.80. The molecule has 1 saturated heterocycles. The summed E-state index contributed by atoms with van der Waals surface area (Å²) in [6, 6.07) is 0. The van der Waals surface area contributed by atoms with Crippen LogP contribution in [0.3, 0.4) is 0 Å². The van der Waals surface area contributed by atoms with Gasteiger partial charge in [-0.3, -0.25) is 14.5 Å². The fourth-order valence-electron chi connectivity index (χ4n) is 2.53. The first kappa shape index (κ1) is 16.6. The van der Waals surface area contributed by atoms with Gasteiger partial charge < -0.3 is 15.3 Å². The molecule has 2 aliphatic rings. The quantitative estimate of drug-likeness (QED) is 0.518. The van der Waals surface area contributed by atoms with Crippen LogP contribution >= 0.6 is 11.8 Å². The molecular weight excluding hydrogens is 306 g/mol. The van der Waals surface area contributed by atoms with Crippen LogP contribution in [-0.2, 0) is 14.4 Å². The van der Waals surface area contributed by atoms with Crippen molar-refractivity contribution in [1.29, 1.82) is 0 Å². The van der Waals surface area contributed by atoms with E-state index in [-0.39, 0.29) is 29.4 Å². The molecular formula is C14H20N3O4S+. The number of allylic oxidation sites excluding steroid dienone is 1. The van der Waals surface area contributed by atoms with Crippen molar-refractivity contribution in [3.05, 3.63) is 23.4 Å². The molecule has 1 atom stereocenters. The number of rotatable bonds is 6. The minimum Gasteiger partial charge on any atom is -0.477 e.